The lowest BCUT2D eigenvalue weighted by Crippen LogP contribution is -2.27. The summed E-state index contributed by atoms with van der Waals surface area (Å²) in [5.41, 5.74) is 4.45. The number of anilines is 1. The first-order valence-electron chi connectivity index (χ1n) is 9.88. The highest BCUT2D eigenvalue weighted by molar-refractivity contribution is 5.83. The van der Waals surface area contributed by atoms with Crippen LogP contribution in [0.25, 0.3) is 22.3 Å². The smallest absolute Gasteiger partial charge is 0.163 e. The summed E-state index contributed by atoms with van der Waals surface area (Å²) in [6.45, 7) is 2.18. The standard InChI is InChI=1S/C22H20F2N6/c23-15-1-2-17-13(10-28-20(17)8-15)3-6-27-22-18-12-25-5-4-19(18)29-21(30-22)14-7-16(24)11-26-9-14/h1-2,7-11,25,28H,3-6,12H2,(H,27,29,30). The molecule has 152 valence electrons. The molecule has 0 saturated heterocycles. The number of nitrogens with one attached hydrogen (secondary N) is 3. The van der Waals surface area contributed by atoms with Gasteiger partial charge in [0, 0.05) is 60.5 Å². The van der Waals surface area contributed by atoms with Gasteiger partial charge in [-0.15, -0.1) is 0 Å². The Morgan fingerprint density at radius 3 is 2.90 bits per heavy atom. The Hall–Kier alpha value is -3.39. The van der Waals surface area contributed by atoms with Gasteiger partial charge in [-0.2, -0.15) is 0 Å². The van der Waals surface area contributed by atoms with Crippen LogP contribution in [-0.4, -0.2) is 33.0 Å². The van der Waals surface area contributed by atoms with E-state index in [4.69, 9.17) is 0 Å². The molecule has 4 heterocycles. The topological polar surface area (TPSA) is 78.5 Å². The van der Waals surface area contributed by atoms with Crippen molar-refractivity contribution in [2.24, 2.45) is 0 Å². The van der Waals surface area contributed by atoms with Crippen LogP contribution < -0.4 is 10.6 Å². The molecular formula is C22H20F2N6. The molecule has 4 aromatic rings. The van der Waals surface area contributed by atoms with Gasteiger partial charge in [0.05, 0.1) is 11.9 Å². The van der Waals surface area contributed by atoms with Gasteiger partial charge >= 0.3 is 0 Å². The maximum absolute atomic E-state index is 13.6. The van der Waals surface area contributed by atoms with Crippen molar-refractivity contribution < 1.29 is 8.78 Å². The summed E-state index contributed by atoms with van der Waals surface area (Å²) in [6, 6.07) is 6.16. The Bertz CT molecular complexity index is 1220. The van der Waals surface area contributed by atoms with Gasteiger partial charge in [0.25, 0.3) is 0 Å². The third kappa shape index (κ3) is 3.61. The summed E-state index contributed by atoms with van der Waals surface area (Å²) in [7, 11) is 0. The van der Waals surface area contributed by atoms with Crippen LogP contribution >= 0.6 is 0 Å². The molecule has 0 bridgehead atoms. The lowest BCUT2D eigenvalue weighted by molar-refractivity contribution is 0.620. The second-order valence-electron chi connectivity index (χ2n) is 7.32. The zero-order chi connectivity index (χ0) is 20.5. The average Bonchev–Trinajstić information content (AvgIpc) is 3.15. The predicted octanol–water partition coefficient (Wildman–Crippen LogP) is 3.60. The lowest BCUT2D eigenvalue weighted by atomic mass is 10.1. The molecule has 3 N–H and O–H groups in total. The number of H-pyrrole nitrogens is 1. The number of hydrogen-bond acceptors (Lipinski definition) is 5. The molecule has 0 fully saturated rings. The minimum Gasteiger partial charge on any atom is -0.369 e. The summed E-state index contributed by atoms with van der Waals surface area (Å²) in [5, 5.41) is 7.78. The number of halogens is 2. The summed E-state index contributed by atoms with van der Waals surface area (Å²) >= 11 is 0. The fraction of sp³-hybridized carbons (Fsp3) is 0.227. The Labute approximate surface area is 171 Å². The van der Waals surface area contributed by atoms with E-state index in [1.807, 2.05) is 6.20 Å². The molecule has 30 heavy (non-hydrogen) atoms. The second-order valence-corrected chi connectivity index (χ2v) is 7.32. The number of hydrogen-bond donors (Lipinski definition) is 3. The zero-order valence-corrected chi connectivity index (χ0v) is 16.2. The maximum atomic E-state index is 13.6. The largest absolute Gasteiger partial charge is 0.369 e. The number of benzene rings is 1. The second kappa shape index (κ2) is 7.79. The van der Waals surface area contributed by atoms with Gasteiger partial charge in [-0.1, -0.05) is 0 Å². The van der Waals surface area contributed by atoms with Crippen molar-refractivity contribution in [1.82, 2.24) is 25.3 Å². The zero-order valence-electron chi connectivity index (χ0n) is 16.2. The highest BCUT2D eigenvalue weighted by atomic mass is 19.1. The first-order valence-corrected chi connectivity index (χ1v) is 9.88. The van der Waals surface area contributed by atoms with E-state index in [-0.39, 0.29) is 5.82 Å². The predicted molar refractivity (Wildman–Crippen MR) is 111 cm³/mol. The number of pyridine rings is 1. The minimum absolute atomic E-state index is 0.256. The summed E-state index contributed by atoms with van der Waals surface area (Å²) in [4.78, 5) is 16.4. The number of rotatable bonds is 5. The van der Waals surface area contributed by atoms with Gasteiger partial charge in [-0.05, 0) is 36.2 Å². The SMILES string of the molecule is Fc1cncc(-c2nc3c(c(NCCc4c[nH]c5cc(F)ccc45)n2)CNCC3)c1. The van der Waals surface area contributed by atoms with Crippen molar-refractivity contribution in [3.63, 3.8) is 0 Å². The van der Waals surface area contributed by atoms with Crippen LogP contribution in [0.4, 0.5) is 14.6 Å². The number of nitrogens with zero attached hydrogens (tertiary/aromatic N) is 3. The summed E-state index contributed by atoms with van der Waals surface area (Å²) in [6.07, 6.45) is 6.18. The Morgan fingerprint density at radius 2 is 2.00 bits per heavy atom. The molecule has 0 radical (unpaired) electrons. The molecule has 0 aliphatic carbocycles. The molecule has 8 heteroatoms. The van der Waals surface area contributed by atoms with E-state index in [2.05, 4.69) is 30.6 Å². The van der Waals surface area contributed by atoms with Crippen LogP contribution in [-0.2, 0) is 19.4 Å². The van der Waals surface area contributed by atoms with Crippen molar-refractivity contribution in [3.8, 4) is 11.4 Å². The Balaban J connectivity index is 1.41. The first kappa shape index (κ1) is 18.6. The van der Waals surface area contributed by atoms with Crippen LogP contribution in [0.15, 0.2) is 42.9 Å². The van der Waals surface area contributed by atoms with E-state index in [1.165, 1.54) is 18.2 Å². The molecule has 0 spiro atoms. The molecular weight excluding hydrogens is 386 g/mol. The van der Waals surface area contributed by atoms with Crippen LogP contribution in [0.5, 0.6) is 0 Å². The molecule has 0 saturated carbocycles. The molecule has 3 aromatic heterocycles. The number of fused-ring (bicyclic) bond motifs is 2. The van der Waals surface area contributed by atoms with Crippen LogP contribution in [0.2, 0.25) is 0 Å². The highest BCUT2D eigenvalue weighted by Gasteiger charge is 2.18. The van der Waals surface area contributed by atoms with E-state index in [0.29, 0.717) is 24.5 Å². The van der Waals surface area contributed by atoms with Gasteiger partial charge in [-0.25, -0.2) is 18.7 Å². The third-order valence-corrected chi connectivity index (χ3v) is 5.31. The molecule has 1 aliphatic rings. The molecule has 5 rings (SSSR count). The maximum Gasteiger partial charge on any atom is 0.163 e. The van der Waals surface area contributed by atoms with Crippen molar-refractivity contribution >= 4 is 16.7 Å². The van der Waals surface area contributed by atoms with Gasteiger partial charge in [0.15, 0.2) is 5.82 Å². The van der Waals surface area contributed by atoms with Crippen molar-refractivity contribution in [1.29, 1.82) is 0 Å². The van der Waals surface area contributed by atoms with Gasteiger partial charge < -0.3 is 15.6 Å². The quantitative estimate of drug-likeness (QED) is 0.472. The molecule has 1 aliphatic heterocycles. The lowest BCUT2D eigenvalue weighted by Gasteiger charge is -2.20. The fourth-order valence-corrected chi connectivity index (χ4v) is 3.83. The Kier molecular flexibility index (Phi) is 4.84. The normalized spacial score (nSPS) is 13.4. The monoisotopic (exact) mass is 406 g/mol. The van der Waals surface area contributed by atoms with Crippen LogP contribution in [0, 0.1) is 11.6 Å². The average molecular weight is 406 g/mol. The van der Waals surface area contributed by atoms with Crippen LogP contribution in [0.1, 0.15) is 16.8 Å². The van der Waals surface area contributed by atoms with Crippen molar-refractivity contribution in [2.75, 3.05) is 18.4 Å². The summed E-state index contributed by atoms with van der Waals surface area (Å²) in [5.74, 6) is 0.541. The molecule has 0 unspecified atom stereocenters. The van der Waals surface area contributed by atoms with Crippen molar-refractivity contribution in [3.05, 3.63) is 71.3 Å². The minimum atomic E-state index is -0.416. The Morgan fingerprint density at radius 1 is 1.07 bits per heavy atom. The van der Waals surface area contributed by atoms with E-state index < -0.39 is 5.82 Å². The third-order valence-electron chi connectivity index (χ3n) is 5.31. The van der Waals surface area contributed by atoms with E-state index in [0.717, 1.165) is 59.1 Å². The van der Waals surface area contributed by atoms with E-state index in [1.54, 1.807) is 12.3 Å². The summed E-state index contributed by atoms with van der Waals surface area (Å²) < 4.78 is 27.0. The van der Waals surface area contributed by atoms with Gasteiger partial charge in [0.2, 0.25) is 0 Å². The number of aromatic amines is 1. The molecule has 0 atom stereocenters. The van der Waals surface area contributed by atoms with E-state index >= 15 is 0 Å². The van der Waals surface area contributed by atoms with Crippen molar-refractivity contribution in [2.45, 2.75) is 19.4 Å². The fourth-order valence-electron chi connectivity index (χ4n) is 3.83. The molecule has 1 aromatic carbocycles. The first-order chi connectivity index (χ1) is 14.7. The highest BCUT2D eigenvalue weighted by Crippen LogP contribution is 2.25. The van der Waals surface area contributed by atoms with Gasteiger partial charge in [-0.3, -0.25) is 4.98 Å². The molecule has 6 nitrogen and oxygen atoms in total. The number of aromatic nitrogens is 4. The molecule has 0 amide bonds. The van der Waals surface area contributed by atoms with Gasteiger partial charge in [0.1, 0.15) is 17.5 Å². The van der Waals surface area contributed by atoms with Crippen LogP contribution in [0.3, 0.4) is 0 Å². The van der Waals surface area contributed by atoms with E-state index in [9.17, 15) is 8.78 Å².